The number of nitrogens with zero attached hydrogens (tertiary/aromatic N) is 1. The van der Waals surface area contributed by atoms with Crippen molar-refractivity contribution in [2.75, 3.05) is 0 Å². The molecule has 1 saturated heterocycles. The second kappa shape index (κ2) is 6.48. The van der Waals surface area contributed by atoms with Gasteiger partial charge in [-0.2, -0.15) is 5.06 Å². The topological polar surface area (TPSA) is 59.0 Å². The first-order valence-corrected chi connectivity index (χ1v) is 7.68. The normalized spacial score (nSPS) is 24.3. The molecule has 3 atom stereocenters. The first-order valence-electron chi connectivity index (χ1n) is 6.77. The minimum atomic E-state index is -0.897. The minimum Gasteiger partial charge on any atom is -0.409 e. The highest BCUT2D eigenvalue weighted by molar-refractivity contribution is 9.09. The van der Waals surface area contributed by atoms with Gasteiger partial charge in [0.25, 0.3) is 0 Å². The van der Waals surface area contributed by atoms with Gasteiger partial charge >= 0.3 is 6.09 Å². The quantitative estimate of drug-likeness (QED) is 0.832. The zero-order chi connectivity index (χ0) is 15.5. The summed E-state index contributed by atoms with van der Waals surface area (Å²) in [4.78, 5) is 17.7. The molecule has 0 radical (unpaired) electrons. The lowest BCUT2D eigenvalue weighted by atomic mass is 10.0. The summed E-state index contributed by atoms with van der Waals surface area (Å²) in [6.07, 6.45) is -1.58. The first-order chi connectivity index (χ1) is 10.7. The van der Waals surface area contributed by atoms with Gasteiger partial charge in [0.05, 0.1) is 0 Å². The SMILES string of the molecule is O=C(Oc1ccccc1)N1O[C@H](Br)[C@H](O)[C@H]1c1ccccc1. The summed E-state index contributed by atoms with van der Waals surface area (Å²) in [7, 11) is 0. The zero-order valence-corrected chi connectivity index (χ0v) is 13.1. The number of rotatable bonds is 2. The molecular formula is C16H14BrNO4. The molecular weight excluding hydrogens is 350 g/mol. The van der Waals surface area contributed by atoms with Crippen molar-refractivity contribution < 1.29 is 19.5 Å². The maximum Gasteiger partial charge on any atom is 0.440 e. The average molecular weight is 364 g/mol. The van der Waals surface area contributed by atoms with Crippen molar-refractivity contribution in [1.82, 2.24) is 5.06 Å². The molecule has 1 aliphatic heterocycles. The Bertz CT molecular complexity index is 637. The number of para-hydroxylation sites is 1. The summed E-state index contributed by atoms with van der Waals surface area (Å²) < 4.78 is 5.28. The third-order valence-electron chi connectivity index (χ3n) is 3.33. The monoisotopic (exact) mass is 363 g/mol. The molecule has 1 aliphatic rings. The van der Waals surface area contributed by atoms with E-state index < -0.39 is 23.3 Å². The third kappa shape index (κ3) is 2.99. The fourth-order valence-corrected chi connectivity index (χ4v) is 2.76. The lowest BCUT2D eigenvalue weighted by Gasteiger charge is -2.23. The summed E-state index contributed by atoms with van der Waals surface area (Å²) in [5.74, 6) is 0.412. The van der Waals surface area contributed by atoms with E-state index in [9.17, 15) is 9.90 Å². The van der Waals surface area contributed by atoms with Crippen molar-refractivity contribution >= 4 is 22.0 Å². The second-order valence-corrected chi connectivity index (χ2v) is 5.71. The maximum absolute atomic E-state index is 12.3. The van der Waals surface area contributed by atoms with E-state index in [1.807, 2.05) is 36.4 Å². The van der Waals surface area contributed by atoms with E-state index in [0.717, 1.165) is 10.6 Å². The van der Waals surface area contributed by atoms with Gasteiger partial charge in [0.1, 0.15) is 17.9 Å². The second-order valence-electron chi connectivity index (χ2n) is 4.81. The Morgan fingerprint density at radius 3 is 2.32 bits per heavy atom. The molecule has 0 spiro atoms. The minimum absolute atomic E-state index is 0.412. The molecule has 2 aromatic carbocycles. The number of benzene rings is 2. The number of ether oxygens (including phenoxy) is 1. The molecule has 2 aromatic rings. The van der Waals surface area contributed by atoms with Gasteiger partial charge in [0.15, 0.2) is 5.01 Å². The molecule has 0 unspecified atom stereocenters. The lowest BCUT2D eigenvalue weighted by Crippen LogP contribution is -2.34. The van der Waals surface area contributed by atoms with E-state index in [4.69, 9.17) is 9.57 Å². The van der Waals surface area contributed by atoms with Crippen molar-refractivity contribution in [3.63, 3.8) is 0 Å². The van der Waals surface area contributed by atoms with Crippen molar-refractivity contribution in [2.24, 2.45) is 0 Å². The number of hydrogen-bond acceptors (Lipinski definition) is 4. The molecule has 5 nitrogen and oxygen atoms in total. The molecule has 0 aliphatic carbocycles. The number of aliphatic hydroxyl groups excluding tert-OH is 1. The number of amides is 1. The van der Waals surface area contributed by atoms with Crippen LogP contribution < -0.4 is 4.74 Å². The summed E-state index contributed by atoms with van der Waals surface area (Å²) in [5.41, 5.74) is 0.766. The van der Waals surface area contributed by atoms with Crippen molar-refractivity contribution in [3.05, 3.63) is 66.2 Å². The molecule has 1 amide bonds. The highest BCUT2D eigenvalue weighted by Crippen LogP contribution is 2.37. The molecule has 22 heavy (non-hydrogen) atoms. The highest BCUT2D eigenvalue weighted by Gasteiger charge is 2.45. The number of alkyl halides is 1. The van der Waals surface area contributed by atoms with E-state index >= 15 is 0 Å². The summed E-state index contributed by atoms with van der Waals surface area (Å²) in [6.45, 7) is 0. The largest absolute Gasteiger partial charge is 0.440 e. The van der Waals surface area contributed by atoms with Crippen LogP contribution in [-0.2, 0) is 4.84 Å². The summed E-state index contributed by atoms with van der Waals surface area (Å²) in [5, 5.41) is 10.7. The Hall–Kier alpha value is -1.89. The molecule has 6 heteroatoms. The maximum atomic E-state index is 12.3. The fourth-order valence-electron chi connectivity index (χ4n) is 2.29. The molecule has 0 bridgehead atoms. The van der Waals surface area contributed by atoms with Crippen LogP contribution in [0.15, 0.2) is 60.7 Å². The third-order valence-corrected chi connectivity index (χ3v) is 4.04. The molecule has 1 N–H and O–H groups in total. The molecule has 1 heterocycles. The van der Waals surface area contributed by atoms with Crippen LogP contribution in [0.2, 0.25) is 0 Å². The first kappa shape index (κ1) is 15.0. The van der Waals surface area contributed by atoms with Gasteiger partial charge in [-0.15, -0.1) is 0 Å². The van der Waals surface area contributed by atoms with Gasteiger partial charge < -0.3 is 9.84 Å². The van der Waals surface area contributed by atoms with Crippen molar-refractivity contribution in [3.8, 4) is 5.75 Å². The van der Waals surface area contributed by atoms with Gasteiger partial charge in [-0.1, -0.05) is 64.5 Å². The zero-order valence-electron chi connectivity index (χ0n) is 11.5. The Morgan fingerprint density at radius 1 is 1.09 bits per heavy atom. The summed E-state index contributed by atoms with van der Waals surface area (Å²) in [6, 6.07) is 17.3. The van der Waals surface area contributed by atoms with E-state index in [2.05, 4.69) is 15.9 Å². The Balaban J connectivity index is 1.83. The number of hydroxylamine groups is 2. The van der Waals surface area contributed by atoms with Crippen molar-refractivity contribution in [1.29, 1.82) is 0 Å². The van der Waals surface area contributed by atoms with Gasteiger partial charge in [0.2, 0.25) is 0 Å². The Kier molecular flexibility index (Phi) is 4.42. The van der Waals surface area contributed by atoms with E-state index in [1.165, 1.54) is 0 Å². The van der Waals surface area contributed by atoms with Gasteiger partial charge in [0, 0.05) is 0 Å². The van der Waals surface area contributed by atoms with Crippen LogP contribution in [0.4, 0.5) is 4.79 Å². The average Bonchev–Trinajstić information content (AvgIpc) is 2.85. The number of carbonyl (C=O) groups is 1. The van der Waals surface area contributed by atoms with Crippen LogP contribution in [0.25, 0.3) is 0 Å². The predicted octanol–water partition coefficient (Wildman–Crippen LogP) is 3.26. The molecule has 114 valence electrons. The summed E-state index contributed by atoms with van der Waals surface area (Å²) >= 11 is 3.21. The Morgan fingerprint density at radius 2 is 1.68 bits per heavy atom. The lowest BCUT2D eigenvalue weighted by molar-refractivity contribution is -0.109. The molecule has 1 fully saturated rings. The highest BCUT2D eigenvalue weighted by atomic mass is 79.9. The van der Waals surface area contributed by atoms with E-state index in [0.29, 0.717) is 5.75 Å². The standard InChI is InChI=1S/C16H14BrNO4/c17-15-14(19)13(11-7-3-1-4-8-11)18(22-15)16(20)21-12-9-5-2-6-10-12/h1-10,13-15,19H/t13-,14-,15+/m1/s1. The molecule has 0 aromatic heterocycles. The molecule has 3 rings (SSSR count). The van der Waals surface area contributed by atoms with Crippen molar-refractivity contribution in [2.45, 2.75) is 17.2 Å². The van der Waals surface area contributed by atoms with Crippen LogP contribution in [0.5, 0.6) is 5.75 Å². The molecule has 0 saturated carbocycles. The van der Waals surface area contributed by atoms with Crippen LogP contribution in [0, 0.1) is 0 Å². The van der Waals surface area contributed by atoms with Gasteiger partial charge in [-0.3, -0.25) is 0 Å². The van der Waals surface area contributed by atoms with E-state index in [1.54, 1.807) is 24.3 Å². The van der Waals surface area contributed by atoms with Gasteiger partial charge in [-0.05, 0) is 17.7 Å². The van der Waals surface area contributed by atoms with Crippen LogP contribution in [0.1, 0.15) is 11.6 Å². The number of hydrogen-bond donors (Lipinski definition) is 1. The Labute approximate surface area is 136 Å². The fraction of sp³-hybridized carbons (Fsp3) is 0.188. The van der Waals surface area contributed by atoms with Gasteiger partial charge in [-0.25, -0.2) is 9.63 Å². The number of halogens is 1. The smallest absolute Gasteiger partial charge is 0.409 e. The number of aliphatic hydroxyl groups is 1. The van der Waals surface area contributed by atoms with Crippen LogP contribution in [-0.4, -0.2) is 27.4 Å². The van der Waals surface area contributed by atoms with Crippen LogP contribution in [0.3, 0.4) is 0 Å². The van der Waals surface area contributed by atoms with Crippen LogP contribution >= 0.6 is 15.9 Å². The van der Waals surface area contributed by atoms with E-state index in [-0.39, 0.29) is 0 Å². The number of carbonyl (C=O) groups excluding carboxylic acids is 1. The predicted molar refractivity (Wildman–Crippen MR) is 83.3 cm³/mol.